The van der Waals surface area contributed by atoms with Gasteiger partial charge in [0, 0.05) is 18.6 Å². The van der Waals surface area contributed by atoms with Crippen LogP contribution in [0.4, 0.5) is 13.2 Å². The van der Waals surface area contributed by atoms with E-state index in [1.165, 1.54) is 0 Å². The van der Waals surface area contributed by atoms with Crippen molar-refractivity contribution in [3.05, 3.63) is 0 Å². The molecular weight excluding hydrogens is 253 g/mol. The molecule has 19 heavy (non-hydrogen) atoms. The van der Waals surface area contributed by atoms with Gasteiger partial charge in [-0.05, 0) is 45.7 Å². The lowest BCUT2D eigenvalue weighted by molar-refractivity contribution is -0.182. The lowest BCUT2D eigenvalue weighted by Gasteiger charge is -2.33. The van der Waals surface area contributed by atoms with Gasteiger partial charge in [0.05, 0.1) is 5.92 Å². The van der Waals surface area contributed by atoms with E-state index in [9.17, 15) is 13.2 Å². The predicted molar refractivity (Wildman–Crippen MR) is 72.2 cm³/mol. The summed E-state index contributed by atoms with van der Waals surface area (Å²) in [5.41, 5.74) is 0. The zero-order chi connectivity index (χ0) is 14.5. The Morgan fingerprint density at radius 1 is 1.11 bits per heavy atom. The first-order valence-electron chi connectivity index (χ1n) is 7.41. The van der Waals surface area contributed by atoms with Crippen LogP contribution in [0.15, 0.2) is 0 Å². The van der Waals surface area contributed by atoms with Crippen LogP contribution >= 0.6 is 0 Å². The fourth-order valence-electron chi connectivity index (χ4n) is 2.91. The Balaban J connectivity index is 2.29. The van der Waals surface area contributed by atoms with Crippen molar-refractivity contribution >= 4 is 0 Å². The maximum absolute atomic E-state index is 12.6. The summed E-state index contributed by atoms with van der Waals surface area (Å²) in [5, 5.41) is 3.48. The van der Waals surface area contributed by atoms with Gasteiger partial charge in [-0.25, -0.2) is 0 Å². The van der Waals surface area contributed by atoms with Gasteiger partial charge < -0.3 is 10.2 Å². The van der Waals surface area contributed by atoms with Gasteiger partial charge in [-0.1, -0.05) is 13.8 Å². The minimum atomic E-state index is -4.00. The number of hydrogen-bond donors (Lipinski definition) is 1. The molecule has 0 spiro atoms. The Morgan fingerprint density at radius 2 is 1.63 bits per heavy atom. The van der Waals surface area contributed by atoms with Crippen LogP contribution in [0, 0.1) is 5.92 Å². The van der Waals surface area contributed by atoms with Crippen LogP contribution in [0.2, 0.25) is 0 Å². The fourth-order valence-corrected chi connectivity index (χ4v) is 2.91. The molecule has 1 rings (SSSR count). The Bertz CT molecular complexity index is 244. The molecule has 5 heteroatoms. The van der Waals surface area contributed by atoms with Crippen LogP contribution in [0.1, 0.15) is 46.5 Å². The van der Waals surface area contributed by atoms with Crippen molar-refractivity contribution in [3.8, 4) is 0 Å². The minimum absolute atomic E-state index is 0.254. The minimum Gasteiger partial charge on any atom is -0.310 e. The number of hydrogen-bond acceptors (Lipinski definition) is 2. The molecule has 0 radical (unpaired) electrons. The average molecular weight is 280 g/mol. The summed E-state index contributed by atoms with van der Waals surface area (Å²) in [4.78, 5) is 2.33. The van der Waals surface area contributed by atoms with Crippen molar-refractivity contribution in [1.82, 2.24) is 10.2 Å². The van der Waals surface area contributed by atoms with Crippen molar-refractivity contribution in [2.75, 3.05) is 19.6 Å². The van der Waals surface area contributed by atoms with Crippen LogP contribution in [0.3, 0.4) is 0 Å². The molecule has 0 aliphatic heterocycles. The van der Waals surface area contributed by atoms with E-state index in [-0.39, 0.29) is 18.9 Å². The van der Waals surface area contributed by atoms with Crippen molar-refractivity contribution in [2.45, 2.75) is 64.7 Å². The second kappa shape index (κ2) is 7.48. The highest BCUT2D eigenvalue weighted by atomic mass is 19.4. The third kappa shape index (κ3) is 5.69. The molecule has 0 bridgehead atoms. The maximum atomic E-state index is 12.6. The van der Waals surface area contributed by atoms with Crippen LogP contribution in [-0.4, -0.2) is 42.8 Å². The van der Waals surface area contributed by atoms with E-state index in [1.54, 1.807) is 0 Å². The lowest BCUT2D eigenvalue weighted by atomic mass is 9.85. The van der Waals surface area contributed by atoms with Gasteiger partial charge in [0.2, 0.25) is 0 Å². The van der Waals surface area contributed by atoms with Crippen molar-refractivity contribution in [2.24, 2.45) is 5.92 Å². The van der Waals surface area contributed by atoms with Gasteiger partial charge in [0.25, 0.3) is 0 Å². The molecule has 1 atom stereocenters. The largest absolute Gasteiger partial charge is 0.391 e. The van der Waals surface area contributed by atoms with Crippen molar-refractivity contribution in [1.29, 1.82) is 0 Å². The molecule has 0 amide bonds. The van der Waals surface area contributed by atoms with Crippen LogP contribution in [0.5, 0.6) is 0 Å². The second-order valence-corrected chi connectivity index (χ2v) is 5.64. The quantitative estimate of drug-likeness (QED) is 0.802. The molecule has 0 aromatic carbocycles. The Labute approximate surface area is 114 Å². The highest BCUT2D eigenvalue weighted by molar-refractivity contribution is 4.82. The molecule has 0 heterocycles. The molecule has 1 aliphatic carbocycles. The number of likely N-dealkylation sites (N-methyl/N-ethyl adjacent to an activating group) is 1. The Kier molecular flexibility index (Phi) is 6.60. The molecule has 1 unspecified atom stereocenters. The molecule has 0 aromatic heterocycles. The Hall–Kier alpha value is -0.290. The number of nitrogens with zero attached hydrogens (tertiary/aromatic N) is 1. The van der Waals surface area contributed by atoms with E-state index in [4.69, 9.17) is 0 Å². The zero-order valence-corrected chi connectivity index (χ0v) is 12.3. The van der Waals surface area contributed by atoms with E-state index in [2.05, 4.69) is 31.0 Å². The van der Waals surface area contributed by atoms with E-state index < -0.39 is 12.1 Å². The molecule has 0 aromatic rings. The first-order valence-corrected chi connectivity index (χ1v) is 7.41. The molecule has 1 aliphatic rings. The summed E-state index contributed by atoms with van der Waals surface area (Å²) >= 11 is 0. The van der Waals surface area contributed by atoms with E-state index in [0.717, 1.165) is 19.6 Å². The topological polar surface area (TPSA) is 15.3 Å². The lowest BCUT2D eigenvalue weighted by Crippen LogP contribution is -2.46. The van der Waals surface area contributed by atoms with Gasteiger partial charge in [-0.2, -0.15) is 13.2 Å². The number of halogens is 3. The van der Waals surface area contributed by atoms with E-state index in [1.807, 2.05) is 0 Å². The summed E-state index contributed by atoms with van der Waals surface area (Å²) in [6, 6.07) is 0.594. The molecule has 114 valence electrons. The van der Waals surface area contributed by atoms with Gasteiger partial charge in [-0.3, -0.25) is 0 Å². The predicted octanol–water partition coefficient (Wildman–Crippen LogP) is 3.43. The molecule has 2 nitrogen and oxygen atoms in total. The van der Waals surface area contributed by atoms with Crippen molar-refractivity contribution < 1.29 is 13.2 Å². The van der Waals surface area contributed by atoms with Gasteiger partial charge in [-0.15, -0.1) is 0 Å². The summed E-state index contributed by atoms with van der Waals surface area (Å²) in [6.45, 7) is 9.38. The van der Waals surface area contributed by atoms with Crippen LogP contribution in [-0.2, 0) is 0 Å². The molecule has 1 N–H and O–H groups in total. The third-order valence-electron chi connectivity index (χ3n) is 4.14. The number of rotatable bonds is 6. The molecule has 1 saturated carbocycles. The van der Waals surface area contributed by atoms with E-state index >= 15 is 0 Å². The molecule has 0 saturated heterocycles. The normalized spacial score (nSPS) is 26.7. The highest BCUT2D eigenvalue weighted by Gasteiger charge is 2.41. The summed E-state index contributed by atoms with van der Waals surface area (Å²) in [6.07, 6.45) is -2.16. The summed E-state index contributed by atoms with van der Waals surface area (Å²) in [7, 11) is 0. The number of nitrogens with one attached hydrogen (secondary N) is 1. The van der Waals surface area contributed by atoms with Crippen LogP contribution in [0.25, 0.3) is 0 Å². The standard InChI is InChI=1S/C14H27F3N2/c1-4-19(5-2)10-11(3)18-13-8-6-12(7-9-13)14(15,16)17/h11-13,18H,4-10H2,1-3H3. The summed E-state index contributed by atoms with van der Waals surface area (Å²) < 4.78 is 37.7. The second-order valence-electron chi connectivity index (χ2n) is 5.64. The molecular formula is C14H27F3N2. The van der Waals surface area contributed by atoms with Gasteiger partial charge >= 0.3 is 6.18 Å². The highest BCUT2D eigenvalue weighted by Crippen LogP contribution is 2.37. The van der Waals surface area contributed by atoms with Crippen molar-refractivity contribution in [3.63, 3.8) is 0 Å². The zero-order valence-electron chi connectivity index (χ0n) is 12.3. The van der Waals surface area contributed by atoms with Gasteiger partial charge in [0.1, 0.15) is 0 Å². The van der Waals surface area contributed by atoms with Gasteiger partial charge in [0.15, 0.2) is 0 Å². The van der Waals surface area contributed by atoms with E-state index in [0.29, 0.717) is 18.9 Å². The smallest absolute Gasteiger partial charge is 0.310 e. The molecule has 1 fully saturated rings. The summed E-state index contributed by atoms with van der Waals surface area (Å²) in [5.74, 6) is -1.08. The Morgan fingerprint density at radius 3 is 2.05 bits per heavy atom. The first-order chi connectivity index (χ1) is 8.86. The fraction of sp³-hybridized carbons (Fsp3) is 1.00. The van der Waals surface area contributed by atoms with Crippen LogP contribution < -0.4 is 5.32 Å². The number of alkyl halides is 3. The average Bonchev–Trinajstić information content (AvgIpc) is 2.35. The first kappa shape index (κ1) is 16.8. The monoisotopic (exact) mass is 280 g/mol. The SMILES string of the molecule is CCN(CC)CC(C)NC1CCC(C(F)(F)F)CC1. The third-order valence-corrected chi connectivity index (χ3v) is 4.14. The maximum Gasteiger partial charge on any atom is 0.391 e.